The maximum Gasteiger partial charge on any atom is 0.325 e. The number of benzene rings is 1. The molecule has 0 fully saturated rings. The van der Waals surface area contributed by atoms with E-state index in [2.05, 4.69) is 15.6 Å². The Balaban J connectivity index is 2.15. The molecule has 2 N–H and O–H groups in total. The summed E-state index contributed by atoms with van der Waals surface area (Å²) in [6.07, 6.45) is 1.57. The molecule has 0 aliphatic rings. The number of pyridine rings is 1. The summed E-state index contributed by atoms with van der Waals surface area (Å²) in [6, 6.07) is 7.50. The summed E-state index contributed by atoms with van der Waals surface area (Å²) in [7, 11) is 0. The monoisotopic (exact) mass is 286 g/mol. The van der Waals surface area contributed by atoms with E-state index < -0.39 is 11.0 Å². The van der Waals surface area contributed by atoms with E-state index in [1.165, 1.54) is 12.1 Å². The summed E-state index contributed by atoms with van der Waals surface area (Å²) in [6.45, 7) is 3.61. The van der Waals surface area contributed by atoms with Crippen molar-refractivity contribution >= 4 is 23.2 Å². The second-order valence-electron chi connectivity index (χ2n) is 4.58. The molecule has 2 aromatic rings. The van der Waals surface area contributed by atoms with E-state index in [0.717, 1.165) is 11.1 Å². The molecule has 0 saturated carbocycles. The SMILES string of the molecule is Cc1ccnc(NC(=O)Nc2ccc(C)cc2[N+](=O)[O-])c1. The fourth-order valence-electron chi connectivity index (χ4n) is 1.77. The van der Waals surface area contributed by atoms with E-state index >= 15 is 0 Å². The van der Waals surface area contributed by atoms with Crippen LogP contribution >= 0.6 is 0 Å². The van der Waals surface area contributed by atoms with Crippen LogP contribution < -0.4 is 10.6 Å². The Kier molecular flexibility index (Phi) is 4.13. The number of amides is 2. The second kappa shape index (κ2) is 6.00. The van der Waals surface area contributed by atoms with E-state index in [-0.39, 0.29) is 11.4 Å². The minimum absolute atomic E-state index is 0.135. The number of carbonyl (C=O) groups excluding carboxylic acids is 1. The molecule has 0 atom stereocenters. The smallest absolute Gasteiger partial charge is 0.302 e. The number of urea groups is 1. The van der Waals surface area contributed by atoms with Crippen LogP contribution in [0.2, 0.25) is 0 Å². The normalized spacial score (nSPS) is 10.0. The van der Waals surface area contributed by atoms with Crippen LogP contribution in [-0.4, -0.2) is 15.9 Å². The standard InChI is InChI=1S/C14H14N4O3/c1-9-3-4-11(12(7-9)18(20)21)16-14(19)17-13-8-10(2)5-6-15-13/h3-8H,1-2H3,(H2,15,16,17,19). The van der Waals surface area contributed by atoms with Crippen molar-refractivity contribution < 1.29 is 9.72 Å². The van der Waals surface area contributed by atoms with Gasteiger partial charge in [-0.25, -0.2) is 9.78 Å². The second-order valence-corrected chi connectivity index (χ2v) is 4.58. The van der Waals surface area contributed by atoms with Crippen LogP contribution in [0.4, 0.5) is 22.0 Å². The molecule has 0 saturated heterocycles. The van der Waals surface area contributed by atoms with E-state index in [9.17, 15) is 14.9 Å². The van der Waals surface area contributed by atoms with Crippen LogP contribution in [0.3, 0.4) is 0 Å². The van der Waals surface area contributed by atoms with Gasteiger partial charge in [-0.05, 0) is 43.2 Å². The lowest BCUT2D eigenvalue weighted by Crippen LogP contribution is -2.20. The number of hydrogen-bond acceptors (Lipinski definition) is 4. The number of hydrogen-bond donors (Lipinski definition) is 2. The van der Waals surface area contributed by atoms with Gasteiger partial charge >= 0.3 is 6.03 Å². The molecular weight excluding hydrogens is 272 g/mol. The van der Waals surface area contributed by atoms with Gasteiger partial charge in [0.25, 0.3) is 5.69 Å². The third-order valence-corrected chi connectivity index (χ3v) is 2.76. The van der Waals surface area contributed by atoms with Crippen molar-refractivity contribution in [2.24, 2.45) is 0 Å². The first-order valence-electron chi connectivity index (χ1n) is 6.21. The first-order chi connectivity index (χ1) is 9.95. The molecule has 1 aromatic carbocycles. The maximum absolute atomic E-state index is 11.9. The molecule has 7 nitrogen and oxygen atoms in total. The van der Waals surface area contributed by atoms with Crippen molar-refractivity contribution in [1.82, 2.24) is 4.98 Å². The predicted octanol–water partition coefficient (Wildman–Crippen LogP) is 3.25. The largest absolute Gasteiger partial charge is 0.325 e. The lowest BCUT2D eigenvalue weighted by atomic mass is 10.2. The Morgan fingerprint density at radius 1 is 1.14 bits per heavy atom. The summed E-state index contributed by atoms with van der Waals surface area (Å²) in [5, 5.41) is 16.0. The zero-order valence-corrected chi connectivity index (χ0v) is 11.6. The number of nitro benzene ring substituents is 1. The average molecular weight is 286 g/mol. The van der Waals surface area contributed by atoms with E-state index in [1.807, 2.05) is 6.92 Å². The van der Waals surface area contributed by atoms with Crippen LogP contribution in [0.1, 0.15) is 11.1 Å². The summed E-state index contributed by atoms with van der Waals surface area (Å²) >= 11 is 0. The molecule has 21 heavy (non-hydrogen) atoms. The summed E-state index contributed by atoms with van der Waals surface area (Å²) in [4.78, 5) is 26.3. The Bertz CT molecular complexity index is 700. The van der Waals surface area contributed by atoms with E-state index in [4.69, 9.17) is 0 Å². The number of nitrogens with zero attached hydrogens (tertiary/aromatic N) is 2. The molecule has 2 rings (SSSR count). The van der Waals surface area contributed by atoms with Gasteiger partial charge in [0.2, 0.25) is 0 Å². The first-order valence-corrected chi connectivity index (χ1v) is 6.21. The van der Waals surface area contributed by atoms with Crippen molar-refractivity contribution in [2.75, 3.05) is 10.6 Å². The molecule has 1 heterocycles. The van der Waals surface area contributed by atoms with Crippen LogP contribution in [0.25, 0.3) is 0 Å². The molecule has 7 heteroatoms. The van der Waals surface area contributed by atoms with E-state index in [0.29, 0.717) is 5.82 Å². The topological polar surface area (TPSA) is 97.2 Å². The highest BCUT2D eigenvalue weighted by Gasteiger charge is 2.16. The Hall–Kier alpha value is -2.96. The van der Waals surface area contributed by atoms with Crippen molar-refractivity contribution in [2.45, 2.75) is 13.8 Å². The molecule has 0 bridgehead atoms. The summed E-state index contributed by atoms with van der Waals surface area (Å²) in [5.41, 5.74) is 1.67. The number of aryl methyl sites for hydroxylation is 2. The predicted molar refractivity (Wildman–Crippen MR) is 79.4 cm³/mol. The number of anilines is 2. The highest BCUT2D eigenvalue weighted by Crippen LogP contribution is 2.25. The number of nitro groups is 1. The van der Waals surface area contributed by atoms with Crippen molar-refractivity contribution in [3.63, 3.8) is 0 Å². The fourth-order valence-corrected chi connectivity index (χ4v) is 1.77. The van der Waals surface area contributed by atoms with Gasteiger partial charge in [0, 0.05) is 12.3 Å². The Morgan fingerprint density at radius 2 is 1.86 bits per heavy atom. The van der Waals surface area contributed by atoms with Crippen molar-refractivity contribution in [3.8, 4) is 0 Å². The molecule has 0 unspecified atom stereocenters. The lowest BCUT2D eigenvalue weighted by Gasteiger charge is -2.08. The molecule has 1 aromatic heterocycles. The number of nitrogens with one attached hydrogen (secondary N) is 2. The molecular formula is C14H14N4O3. The van der Waals surface area contributed by atoms with Gasteiger partial charge < -0.3 is 5.32 Å². The molecule has 0 spiro atoms. The fraction of sp³-hybridized carbons (Fsp3) is 0.143. The third-order valence-electron chi connectivity index (χ3n) is 2.76. The number of aromatic nitrogens is 1. The van der Waals surface area contributed by atoms with Crippen LogP contribution in [0.5, 0.6) is 0 Å². The molecule has 108 valence electrons. The highest BCUT2D eigenvalue weighted by atomic mass is 16.6. The maximum atomic E-state index is 11.9. The number of rotatable bonds is 3. The van der Waals surface area contributed by atoms with Gasteiger partial charge in [-0.3, -0.25) is 15.4 Å². The Morgan fingerprint density at radius 3 is 2.52 bits per heavy atom. The summed E-state index contributed by atoms with van der Waals surface area (Å²) < 4.78 is 0. The van der Waals surface area contributed by atoms with Crippen LogP contribution in [0, 0.1) is 24.0 Å². The van der Waals surface area contributed by atoms with Crippen molar-refractivity contribution in [1.29, 1.82) is 0 Å². The number of carbonyl (C=O) groups is 1. The minimum atomic E-state index is -0.583. The van der Waals surface area contributed by atoms with E-state index in [1.54, 1.807) is 31.3 Å². The van der Waals surface area contributed by atoms with Gasteiger partial charge in [-0.1, -0.05) is 6.07 Å². The van der Waals surface area contributed by atoms with Crippen LogP contribution in [0.15, 0.2) is 36.5 Å². The highest BCUT2D eigenvalue weighted by molar-refractivity contribution is 6.00. The third kappa shape index (κ3) is 3.75. The van der Waals surface area contributed by atoms with Gasteiger partial charge in [-0.2, -0.15) is 0 Å². The Labute approximate surface area is 121 Å². The zero-order chi connectivity index (χ0) is 15.4. The minimum Gasteiger partial charge on any atom is -0.302 e. The molecule has 0 aliphatic carbocycles. The zero-order valence-electron chi connectivity index (χ0n) is 11.6. The molecule has 0 radical (unpaired) electrons. The lowest BCUT2D eigenvalue weighted by molar-refractivity contribution is -0.384. The van der Waals surface area contributed by atoms with Gasteiger partial charge in [0.05, 0.1) is 4.92 Å². The first kappa shape index (κ1) is 14.4. The molecule has 0 aliphatic heterocycles. The van der Waals surface area contributed by atoms with Crippen molar-refractivity contribution in [3.05, 3.63) is 57.8 Å². The molecule has 2 amide bonds. The quantitative estimate of drug-likeness (QED) is 0.668. The average Bonchev–Trinajstić information content (AvgIpc) is 2.40. The van der Waals surface area contributed by atoms with Gasteiger partial charge in [-0.15, -0.1) is 0 Å². The van der Waals surface area contributed by atoms with Gasteiger partial charge in [0.1, 0.15) is 11.5 Å². The van der Waals surface area contributed by atoms with Gasteiger partial charge in [0.15, 0.2) is 0 Å². The van der Waals surface area contributed by atoms with Crippen LogP contribution in [-0.2, 0) is 0 Å². The summed E-state index contributed by atoms with van der Waals surface area (Å²) in [5.74, 6) is 0.377.